The van der Waals surface area contributed by atoms with Gasteiger partial charge in [0, 0.05) is 6.42 Å². The summed E-state index contributed by atoms with van der Waals surface area (Å²) in [4.78, 5) is 13.3. The molecule has 0 N–H and O–H groups in total. The number of ether oxygens (including phenoxy) is 1. The van der Waals surface area contributed by atoms with Crippen molar-refractivity contribution in [3.05, 3.63) is 0 Å². The van der Waals surface area contributed by atoms with Gasteiger partial charge in [0.05, 0.1) is 23.7 Å². The highest BCUT2D eigenvalue weighted by Gasteiger charge is 2.61. The first kappa shape index (κ1) is 18.5. The first-order valence-corrected chi connectivity index (χ1v) is 7.87. The fraction of sp³-hybridized carbons (Fsp3) is 0.933. The molecule has 0 aromatic heterocycles. The summed E-state index contributed by atoms with van der Waals surface area (Å²) in [6, 6.07) is 0. The summed E-state index contributed by atoms with van der Waals surface area (Å²) < 4.78 is 44.8. The molecular formula is C15H26BF2NO4. The van der Waals surface area contributed by atoms with Crippen LogP contribution in [0.4, 0.5) is 13.6 Å². The third-order valence-corrected chi connectivity index (χ3v) is 4.52. The standard InChI is InChI=1S/C15H26BF2NO4/c1-12(2,3)21-11(20)19-9-15(17,18)8-10(19)16-22-13(4,5)14(6,7)23-16/h10H,8-9H2,1-7H3. The fourth-order valence-electron chi connectivity index (χ4n) is 2.66. The summed E-state index contributed by atoms with van der Waals surface area (Å²) >= 11 is 0. The van der Waals surface area contributed by atoms with Crippen molar-refractivity contribution in [2.75, 3.05) is 6.54 Å². The number of likely N-dealkylation sites (tertiary alicyclic amines) is 1. The summed E-state index contributed by atoms with van der Waals surface area (Å²) in [6.07, 6.45) is -1.27. The Morgan fingerprint density at radius 3 is 2.09 bits per heavy atom. The van der Waals surface area contributed by atoms with Crippen molar-refractivity contribution in [1.29, 1.82) is 0 Å². The van der Waals surface area contributed by atoms with E-state index in [-0.39, 0.29) is 0 Å². The van der Waals surface area contributed by atoms with E-state index in [1.807, 2.05) is 27.7 Å². The molecule has 2 aliphatic rings. The van der Waals surface area contributed by atoms with Crippen molar-refractivity contribution < 1.29 is 27.6 Å². The zero-order chi connectivity index (χ0) is 17.8. The van der Waals surface area contributed by atoms with Crippen LogP contribution in [0.25, 0.3) is 0 Å². The highest BCUT2D eigenvalue weighted by atomic mass is 19.3. The lowest BCUT2D eigenvalue weighted by molar-refractivity contribution is -0.00220. The first-order valence-electron chi connectivity index (χ1n) is 7.87. The number of halogens is 2. The van der Waals surface area contributed by atoms with Crippen LogP contribution < -0.4 is 0 Å². The number of hydrogen-bond acceptors (Lipinski definition) is 4. The molecule has 2 aliphatic heterocycles. The van der Waals surface area contributed by atoms with Gasteiger partial charge in [-0.25, -0.2) is 13.6 Å². The van der Waals surface area contributed by atoms with Gasteiger partial charge >= 0.3 is 13.2 Å². The molecule has 2 heterocycles. The van der Waals surface area contributed by atoms with Gasteiger partial charge in [-0.2, -0.15) is 0 Å². The van der Waals surface area contributed by atoms with E-state index in [0.717, 1.165) is 4.90 Å². The van der Waals surface area contributed by atoms with Crippen molar-refractivity contribution in [2.24, 2.45) is 0 Å². The van der Waals surface area contributed by atoms with Crippen molar-refractivity contribution in [3.8, 4) is 0 Å². The smallest absolute Gasteiger partial charge is 0.444 e. The molecule has 2 fully saturated rings. The molecule has 0 spiro atoms. The highest BCUT2D eigenvalue weighted by molar-refractivity contribution is 6.48. The number of nitrogens with zero attached hydrogens (tertiary/aromatic N) is 1. The van der Waals surface area contributed by atoms with E-state index < -0.39 is 54.8 Å². The summed E-state index contributed by atoms with van der Waals surface area (Å²) in [5, 5.41) is 0. The molecule has 0 aromatic carbocycles. The van der Waals surface area contributed by atoms with Gasteiger partial charge in [0.2, 0.25) is 0 Å². The summed E-state index contributed by atoms with van der Waals surface area (Å²) in [7, 11) is -0.902. The van der Waals surface area contributed by atoms with Gasteiger partial charge < -0.3 is 18.9 Å². The molecule has 132 valence electrons. The lowest BCUT2D eigenvalue weighted by Crippen LogP contribution is -2.48. The van der Waals surface area contributed by atoms with E-state index in [2.05, 4.69) is 0 Å². The van der Waals surface area contributed by atoms with Gasteiger partial charge in [-0.3, -0.25) is 0 Å². The predicted octanol–water partition coefficient (Wildman–Crippen LogP) is 3.26. The molecule has 2 rings (SSSR count). The molecule has 23 heavy (non-hydrogen) atoms. The molecule has 0 bridgehead atoms. The number of rotatable bonds is 1. The molecule has 1 unspecified atom stereocenters. The molecule has 8 heteroatoms. The van der Waals surface area contributed by atoms with Gasteiger partial charge in [0.15, 0.2) is 0 Å². The summed E-state index contributed by atoms with van der Waals surface area (Å²) in [5.74, 6) is -3.86. The van der Waals surface area contributed by atoms with Crippen LogP contribution in [0.15, 0.2) is 0 Å². The second-order valence-corrected chi connectivity index (χ2v) is 8.36. The molecule has 2 saturated heterocycles. The Labute approximate surface area is 136 Å². The maximum Gasteiger partial charge on any atom is 0.482 e. The summed E-state index contributed by atoms with van der Waals surface area (Å²) in [6.45, 7) is 11.8. The van der Waals surface area contributed by atoms with Gasteiger partial charge in [0.25, 0.3) is 5.92 Å². The van der Waals surface area contributed by atoms with Crippen molar-refractivity contribution in [1.82, 2.24) is 4.90 Å². The normalized spacial score (nSPS) is 29.0. The summed E-state index contributed by atoms with van der Waals surface area (Å²) in [5.41, 5.74) is -2.04. The van der Waals surface area contributed by atoms with E-state index >= 15 is 0 Å². The maximum atomic E-state index is 13.9. The number of carbonyl (C=O) groups excluding carboxylic acids is 1. The Kier molecular flexibility index (Phi) is 4.26. The number of amides is 1. The minimum absolute atomic E-state index is 0.497. The minimum atomic E-state index is -2.98. The van der Waals surface area contributed by atoms with Gasteiger partial charge in [-0.05, 0) is 48.5 Å². The Morgan fingerprint density at radius 2 is 1.65 bits per heavy atom. The number of hydrogen-bond donors (Lipinski definition) is 0. The van der Waals surface area contributed by atoms with E-state index in [4.69, 9.17) is 14.0 Å². The third-order valence-electron chi connectivity index (χ3n) is 4.52. The van der Waals surface area contributed by atoms with Crippen LogP contribution in [0.3, 0.4) is 0 Å². The Hall–Kier alpha value is -0.885. The SMILES string of the molecule is CC(C)(C)OC(=O)N1CC(F)(F)CC1B1OC(C)(C)C(C)(C)O1. The molecule has 0 radical (unpaired) electrons. The first-order chi connectivity index (χ1) is 10.1. The molecule has 0 aliphatic carbocycles. The molecule has 0 aromatic rings. The predicted molar refractivity (Wildman–Crippen MR) is 82.4 cm³/mol. The van der Waals surface area contributed by atoms with Crippen molar-refractivity contribution in [2.45, 2.75) is 83.6 Å². The molecule has 1 amide bonds. The monoisotopic (exact) mass is 333 g/mol. The van der Waals surface area contributed by atoms with Crippen LogP contribution in [-0.4, -0.2) is 53.3 Å². The maximum absolute atomic E-state index is 13.9. The van der Waals surface area contributed by atoms with Gasteiger partial charge in [-0.15, -0.1) is 0 Å². The van der Waals surface area contributed by atoms with Crippen LogP contribution in [0, 0.1) is 0 Å². The third kappa shape index (κ3) is 3.79. The number of carbonyl (C=O) groups is 1. The van der Waals surface area contributed by atoms with E-state index in [0.29, 0.717) is 0 Å². The van der Waals surface area contributed by atoms with E-state index in [1.165, 1.54) is 0 Å². The topological polar surface area (TPSA) is 48.0 Å². The quantitative estimate of drug-likeness (QED) is 0.691. The number of alkyl halides is 2. The molecule has 0 saturated carbocycles. The fourth-order valence-corrected chi connectivity index (χ4v) is 2.66. The molecular weight excluding hydrogens is 307 g/mol. The Morgan fingerprint density at radius 1 is 1.17 bits per heavy atom. The average molecular weight is 333 g/mol. The van der Waals surface area contributed by atoms with Gasteiger partial charge in [-0.1, -0.05) is 0 Å². The minimum Gasteiger partial charge on any atom is -0.444 e. The van der Waals surface area contributed by atoms with Crippen LogP contribution in [0.5, 0.6) is 0 Å². The largest absolute Gasteiger partial charge is 0.482 e. The van der Waals surface area contributed by atoms with Crippen LogP contribution in [0.1, 0.15) is 54.9 Å². The van der Waals surface area contributed by atoms with Crippen LogP contribution in [0.2, 0.25) is 0 Å². The molecule has 1 atom stereocenters. The molecule has 5 nitrogen and oxygen atoms in total. The van der Waals surface area contributed by atoms with E-state index in [9.17, 15) is 13.6 Å². The second kappa shape index (κ2) is 5.31. The zero-order valence-corrected chi connectivity index (χ0v) is 14.9. The Bertz CT molecular complexity index is 474. The van der Waals surface area contributed by atoms with Crippen molar-refractivity contribution in [3.63, 3.8) is 0 Å². The van der Waals surface area contributed by atoms with Crippen LogP contribution in [-0.2, 0) is 14.0 Å². The van der Waals surface area contributed by atoms with E-state index in [1.54, 1.807) is 20.8 Å². The Balaban J connectivity index is 2.20. The lowest BCUT2D eigenvalue weighted by atomic mass is 9.76. The van der Waals surface area contributed by atoms with Crippen LogP contribution >= 0.6 is 0 Å². The second-order valence-electron chi connectivity index (χ2n) is 8.36. The average Bonchev–Trinajstić information content (AvgIpc) is 2.71. The lowest BCUT2D eigenvalue weighted by Gasteiger charge is -2.32. The van der Waals surface area contributed by atoms with Gasteiger partial charge in [0.1, 0.15) is 5.60 Å². The zero-order valence-electron chi connectivity index (χ0n) is 14.9. The van der Waals surface area contributed by atoms with Crippen molar-refractivity contribution >= 4 is 13.2 Å². The highest BCUT2D eigenvalue weighted by Crippen LogP contribution is 2.42.